The molecule has 0 saturated heterocycles. The number of rotatable bonds is 8. The van der Waals surface area contributed by atoms with E-state index in [1.807, 2.05) is 0 Å². The van der Waals surface area contributed by atoms with Crippen LogP contribution >= 0.6 is 0 Å². The number of hydrogen-bond donors (Lipinski definition) is 1. The standard InChI is InChI=1S/C23H15F5N6O2/c24-16-3-5-18(20(26)8-16)22(35,12-34-13-31-32-33-34)23(27,28)21-6-4-17(10-30-21)36-11-14-1-2-15(9-29)19(25)7-14/h1-8,10,13,35H,11-12H2. The van der Waals surface area contributed by atoms with Gasteiger partial charge >= 0.3 is 5.92 Å². The lowest BCUT2D eigenvalue weighted by Crippen LogP contribution is -2.48. The van der Waals surface area contributed by atoms with Crippen molar-refractivity contribution < 1.29 is 31.8 Å². The Balaban J connectivity index is 1.61. The molecule has 1 atom stereocenters. The summed E-state index contributed by atoms with van der Waals surface area (Å²) >= 11 is 0. The first kappa shape index (κ1) is 24.7. The molecular formula is C23H15F5N6O2. The van der Waals surface area contributed by atoms with Crippen LogP contribution in [0.15, 0.2) is 61.1 Å². The summed E-state index contributed by atoms with van der Waals surface area (Å²) in [5, 5.41) is 30.0. The Morgan fingerprint density at radius 2 is 1.83 bits per heavy atom. The lowest BCUT2D eigenvalue weighted by Gasteiger charge is -2.35. The summed E-state index contributed by atoms with van der Waals surface area (Å²) in [5.74, 6) is -7.34. The van der Waals surface area contributed by atoms with Crippen LogP contribution < -0.4 is 4.74 Å². The van der Waals surface area contributed by atoms with Crippen molar-refractivity contribution in [1.82, 2.24) is 25.2 Å². The van der Waals surface area contributed by atoms with Gasteiger partial charge in [-0.25, -0.2) is 17.9 Å². The fourth-order valence-corrected chi connectivity index (χ4v) is 3.43. The van der Waals surface area contributed by atoms with Crippen LogP contribution in [-0.2, 0) is 24.7 Å². The molecule has 1 N–H and O–H groups in total. The molecule has 1 unspecified atom stereocenters. The molecule has 4 aromatic rings. The largest absolute Gasteiger partial charge is 0.487 e. The Kier molecular flexibility index (Phi) is 6.63. The number of benzene rings is 2. The fraction of sp³-hybridized carbons (Fsp3) is 0.174. The first-order valence-electron chi connectivity index (χ1n) is 10.2. The zero-order valence-corrected chi connectivity index (χ0v) is 18.1. The lowest BCUT2D eigenvalue weighted by atomic mass is 9.84. The van der Waals surface area contributed by atoms with Crippen LogP contribution in [0.2, 0.25) is 0 Å². The summed E-state index contributed by atoms with van der Waals surface area (Å²) in [6.07, 6.45) is 1.89. The molecule has 0 amide bonds. The van der Waals surface area contributed by atoms with Gasteiger partial charge in [0.25, 0.3) is 0 Å². The monoisotopic (exact) mass is 502 g/mol. The van der Waals surface area contributed by atoms with Gasteiger partial charge in [-0.15, -0.1) is 5.10 Å². The van der Waals surface area contributed by atoms with E-state index >= 15 is 8.78 Å². The van der Waals surface area contributed by atoms with Crippen LogP contribution in [0.4, 0.5) is 22.0 Å². The molecule has 0 saturated carbocycles. The van der Waals surface area contributed by atoms with E-state index in [0.29, 0.717) is 17.7 Å². The van der Waals surface area contributed by atoms with Crippen molar-refractivity contribution in [1.29, 1.82) is 5.26 Å². The zero-order valence-electron chi connectivity index (χ0n) is 18.1. The minimum absolute atomic E-state index is 0.0382. The van der Waals surface area contributed by atoms with E-state index in [-0.39, 0.29) is 17.9 Å². The third kappa shape index (κ3) is 4.71. The van der Waals surface area contributed by atoms with Gasteiger partial charge in [0.2, 0.25) is 0 Å². The van der Waals surface area contributed by atoms with Crippen LogP contribution in [0.5, 0.6) is 5.75 Å². The number of ether oxygens (including phenoxy) is 1. The maximum absolute atomic E-state index is 15.7. The Labute approximate surface area is 200 Å². The third-order valence-electron chi connectivity index (χ3n) is 5.30. The van der Waals surface area contributed by atoms with E-state index in [0.717, 1.165) is 41.5 Å². The van der Waals surface area contributed by atoms with Gasteiger partial charge in [0.05, 0.1) is 18.3 Å². The summed E-state index contributed by atoms with van der Waals surface area (Å²) in [4.78, 5) is 3.67. The first-order chi connectivity index (χ1) is 17.1. The van der Waals surface area contributed by atoms with Crippen molar-refractivity contribution in [2.75, 3.05) is 0 Å². The molecule has 0 bridgehead atoms. The van der Waals surface area contributed by atoms with E-state index in [2.05, 4.69) is 20.5 Å². The van der Waals surface area contributed by atoms with Crippen LogP contribution in [0.1, 0.15) is 22.4 Å². The van der Waals surface area contributed by atoms with Crippen LogP contribution in [0, 0.1) is 28.8 Å². The summed E-state index contributed by atoms with van der Waals surface area (Å²) in [6.45, 7) is -1.14. The number of hydrogen-bond acceptors (Lipinski definition) is 7. The number of nitriles is 1. The maximum Gasteiger partial charge on any atom is 0.323 e. The summed E-state index contributed by atoms with van der Waals surface area (Å²) < 4.78 is 79.3. The number of nitrogens with zero attached hydrogens (tertiary/aromatic N) is 6. The van der Waals surface area contributed by atoms with Gasteiger partial charge in [0.15, 0.2) is 5.60 Å². The minimum Gasteiger partial charge on any atom is -0.487 e. The second-order valence-corrected chi connectivity index (χ2v) is 7.66. The van der Waals surface area contributed by atoms with Gasteiger partial charge in [-0.05, 0) is 52.4 Å². The van der Waals surface area contributed by atoms with Crippen molar-refractivity contribution >= 4 is 0 Å². The summed E-state index contributed by atoms with van der Waals surface area (Å²) in [7, 11) is 0. The van der Waals surface area contributed by atoms with Crippen molar-refractivity contribution in [2.45, 2.75) is 24.7 Å². The van der Waals surface area contributed by atoms with E-state index in [9.17, 15) is 18.3 Å². The molecule has 2 aromatic carbocycles. The number of alkyl halides is 2. The topological polar surface area (TPSA) is 110 Å². The molecule has 0 aliphatic rings. The summed E-state index contributed by atoms with van der Waals surface area (Å²) in [5.41, 5.74) is -4.87. The molecule has 4 rings (SSSR count). The average Bonchev–Trinajstić information content (AvgIpc) is 3.35. The van der Waals surface area contributed by atoms with Crippen LogP contribution in [0.25, 0.3) is 0 Å². The van der Waals surface area contributed by atoms with Crippen LogP contribution in [-0.4, -0.2) is 30.3 Å². The molecule has 36 heavy (non-hydrogen) atoms. The first-order valence-corrected chi connectivity index (χ1v) is 10.2. The molecule has 0 aliphatic heterocycles. The number of aromatic nitrogens is 5. The lowest BCUT2D eigenvalue weighted by molar-refractivity contribution is -0.207. The smallest absolute Gasteiger partial charge is 0.323 e. The van der Waals surface area contributed by atoms with Crippen molar-refractivity contribution in [3.8, 4) is 11.8 Å². The normalized spacial score (nSPS) is 13.1. The molecule has 0 aliphatic carbocycles. The van der Waals surface area contributed by atoms with Gasteiger partial charge in [-0.2, -0.15) is 14.0 Å². The highest BCUT2D eigenvalue weighted by Crippen LogP contribution is 2.46. The molecule has 0 spiro atoms. The zero-order chi connectivity index (χ0) is 25.9. The Hall–Kier alpha value is -4.44. The predicted octanol–water partition coefficient (Wildman–Crippen LogP) is 3.62. The Morgan fingerprint density at radius 3 is 2.44 bits per heavy atom. The molecule has 13 heteroatoms. The molecule has 8 nitrogen and oxygen atoms in total. The molecule has 2 aromatic heterocycles. The van der Waals surface area contributed by atoms with E-state index < -0.39 is 46.8 Å². The van der Waals surface area contributed by atoms with Crippen molar-refractivity contribution in [3.63, 3.8) is 0 Å². The Bertz CT molecular complexity index is 1410. The number of aliphatic hydroxyl groups is 1. The Morgan fingerprint density at radius 1 is 1.03 bits per heavy atom. The number of tetrazole rings is 1. The van der Waals surface area contributed by atoms with Gasteiger partial charge in [0, 0.05) is 11.6 Å². The predicted molar refractivity (Wildman–Crippen MR) is 112 cm³/mol. The number of pyridine rings is 1. The van der Waals surface area contributed by atoms with Gasteiger partial charge < -0.3 is 9.84 Å². The fourth-order valence-electron chi connectivity index (χ4n) is 3.43. The average molecular weight is 502 g/mol. The van der Waals surface area contributed by atoms with E-state index in [1.165, 1.54) is 12.1 Å². The second-order valence-electron chi connectivity index (χ2n) is 7.66. The molecule has 0 fully saturated rings. The third-order valence-corrected chi connectivity index (χ3v) is 5.30. The molecule has 0 radical (unpaired) electrons. The van der Waals surface area contributed by atoms with Gasteiger partial charge in [-0.3, -0.25) is 4.98 Å². The van der Waals surface area contributed by atoms with E-state index in [1.54, 1.807) is 6.07 Å². The molecule has 184 valence electrons. The minimum atomic E-state index is -4.22. The second kappa shape index (κ2) is 9.67. The number of halogens is 5. The molecule has 2 heterocycles. The SMILES string of the molecule is N#Cc1ccc(COc2ccc(C(F)(F)C(O)(Cn3cnnn3)c3ccc(F)cc3F)nc2)cc1F. The maximum atomic E-state index is 15.7. The van der Waals surface area contributed by atoms with E-state index in [4.69, 9.17) is 10.00 Å². The highest BCUT2D eigenvalue weighted by atomic mass is 19.3. The highest BCUT2D eigenvalue weighted by Gasteiger charge is 2.58. The highest BCUT2D eigenvalue weighted by molar-refractivity contribution is 5.34. The molecular weight excluding hydrogens is 487 g/mol. The quantitative estimate of drug-likeness (QED) is 0.367. The summed E-state index contributed by atoms with van der Waals surface area (Å²) in [6, 6.07) is 9.33. The van der Waals surface area contributed by atoms with Crippen LogP contribution in [0.3, 0.4) is 0 Å². The van der Waals surface area contributed by atoms with Gasteiger partial charge in [0.1, 0.15) is 47.9 Å². The van der Waals surface area contributed by atoms with Crippen molar-refractivity contribution in [3.05, 3.63) is 101 Å². The van der Waals surface area contributed by atoms with Crippen molar-refractivity contribution in [2.24, 2.45) is 0 Å². The van der Waals surface area contributed by atoms with Gasteiger partial charge in [-0.1, -0.05) is 6.07 Å².